The van der Waals surface area contributed by atoms with Crippen LogP contribution in [0.5, 0.6) is 0 Å². The number of hydrogen-bond donors (Lipinski definition) is 3. The number of nitrogens with one attached hydrogen (secondary N) is 2. The average Bonchev–Trinajstić information content (AvgIpc) is 3.34. The standard InChI is InChI=1S/C25H28N6O/c1-4-5-19-12-20(28-15-25(2,3)32)24-27-14-22(31(24)30-19)17-8-6-16(7-9-17)21-13-26-23(29-21)18-10-11-18/h4-9,12-14,18,28,32H,10-11,15H2,1-3H3,(H,26,29)/b5-4+. The van der Waals surface area contributed by atoms with Gasteiger partial charge in [0.05, 0.1) is 40.8 Å². The fraction of sp³-hybridized carbons (Fsp3) is 0.320. The molecule has 0 saturated heterocycles. The zero-order valence-electron chi connectivity index (χ0n) is 18.6. The Balaban J connectivity index is 1.49. The second-order valence-corrected chi connectivity index (χ2v) is 9.06. The molecule has 32 heavy (non-hydrogen) atoms. The molecule has 164 valence electrons. The van der Waals surface area contributed by atoms with Gasteiger partial charge >= 0.3 is 0 Å². The zero-order chi connectivity index (χ0) is 22.3. The van der Waals surface area contributed by atoms with Crippen LogP contribution in [-0.4, -0.2) is 41.8 Å². The molecule has 0 radical (unpaired) electrons. The Bertz CT molecular complexity index is 1270. The van der Waals surface area contributed by atoms with E-state index >= 15 is 0 Å². The van der Waals surface area contributed by atoms with E-state index in [-0.39, 0.29) is 0 Å². The summed E-state index contributed by atoms with van der Waals surface area (Å²) < 4.78 is 1.86. The van der Waals surface area contributed by atoms with Crippen molar-refractivity contribution < 1.29 is 5.11 Å². The lowest BCUT2D eigenvalue weighted by Crippen LogP contribution is -2.29. The second-order valence-electron chi connectivity index (χ2n) is 9.06. The van der Waals surface area contributed by atoms with Crippen LogP contribution in [0.2, 0.25) is 0 Å². The summed E-state index contributed by atoms with van der Waals surface area (Å²) in [5.74, 6) is 1.70. The number of H-pyrrole nitrogens is 1. The number of hydrogen-bond acceptors (Lipinski definition) is 5. The van der Waals surface area contributed by atoms with Gasteiger partial charge in [-0.1, -0.05) is 30.3 Å². The van der Waals surface area contributed by atoms with Crippen LogP contribution in [-0.2, 0) is 0 Å². The molecule has 0 aliphatic heterocycles. The van der Waals surface area contributed by atoms with Crippen LogP contribution in [0.25, 0.3) is 34.2 Å². The maximum Gasteiger partial charge on any atom is 0.177 e. The van der Waals surface area contributed by atoms with Gasteiger partial charge in [0.25, 0.3) is 0 Å². The van der Waals surface area contributed by atoms with Crippen LogP contribution < -0.4 is 5.32 Å². The molecule has 5 rings (SSSR count). The van der Waals surface area contributed by atoms with E-state index in [1.54, 1.807) is 13.8 Å². The summed E-state index contributed by atoms with van der Waals surface area (Å²) in [6.07, 6.45) is 10.1. The summed E-state index contributed by atoms with van der Waals surface area (Å²) >= 11 is 0. The Kier molecular flexibility index (Phi) is 5.06. The number of allylic oxidation sites excluding steroid dienone is 1. The summed E-state index contributed by atoms with van der Waals surface area (Å²) in [6.45, 7) is 5.92. The number of imidazole rings is 2. The number of aromatic amines is 1. The molecule has 1 saturated carbocycles. The molecule has 3 heterocycles. The number of aromatic nitrogens is 5. The van der Waals surface area contributed by atoms with Crippen LogP contribution in [0.15, 0.2) is 48.8 Å². The first-order chi connectivity index (χ1) is 15.4. The predicted molar refractivity (Wildman–Crippen MR) is 127 cm³/mol. The average molecular weight is 429 g/mol. The molecule has 1 aliphatic carbocycles. The topological polar surface area (TPSA) is 91.1 Å². The molecule has 3 aromatic heterocycles. The van der Waals surface area contributed by atoms with Crippen molar-refractivity contribution in [3.63, 3.8) is 0 Å². The minimum Gasteiger partial charge on any atom is -0.389 e. The minimum absolute atomic E-state index is 0.409. The summed E-state index contributed by atoms with van der Waals surface area (Å²) in [7, 11) is 0. The molecule has 0 unspecified atom stereocenters. The molecule has 0 bridgehead atoms. The minimum atomic E-state index is -0.835. The zero-order valence-corrected chi connectivity index (χ0v) is 18.6. The first kappa shape index (κ1) is 20.5. The molecule has 7 nitrogen and oxygen atoms in total. The maximum absolute atomic E-state index is 10.1. The number of anilines is 1. The van der Waals surface area contributed by atoms with Crippen LogP contribution in [0.3, 0.4) is 0 Å². The number of rotatable bonds is 7. The number of benzene rings is 1. The molecule has 0 atom stereocenters. The third-order valence-corrected chi connectivity index (χ3v) is 5.59. The van der Waals surface area contributed by atoms with Crippen LogP contribution in [0.1, 0.15) is 51.0 Å². The number of fused-ring (bicyclic) bond motifs is 1. The molecule has 3 N–H and O–H groups in total. The van der Waals surface area contributed by atoms with E-state index in [0.717, 1.165) is 45.4 Å². The first-order valence-corrected chi connectivity index (χ1v) is 11.0. The van der Waals surface area contributed by atoms with Crippen molar-refractivity contribution in [1.82, 2.24) is 24.6 Å². The van der Waals surface area contributed by atoms with Crippen LogP contribution in [0.4, 0.5) is 5.69 Å². The van der Waals surface area contributed by atoms with Gasteiger partial charge in [0, 0.05) is 18.0 Å². The van der Waals surface area contributed by atoms with Gasteiger partial charge in [-0.25, -0.2) is 14.5 Å². The molecule has 7 heteroatoms. The van der Waals surface area contributed by atoms with Crippen molar-refractivity contribution in [1.29, 1.82) is 0 Å². The molecule has 4 aromatic rings. The molecule has 1 fully saturated rings. The highest BCUT2D eigenvalue weighted by molar-refractivity contribution is 5.75. The third kappa shape index (κ3) is 4.16. The van der Waals surface area contributed by atoms with E-state index in [1.807, 2.05) is 42.1 Å². The van der Waals surface area contributed by atoms with E-state index in [2.05, 4.69) is 44.5 Å². The maximum atomic E-state index is 10.1. The summed E-state index contributed by atoms with van der Waals surface area (Å²) in [5, 5.41) is 18.2. The third-order valence-electron chi connectivity index (χ3n) is 5.59. The molecular formula is C25H28N6O. The van der Waals surface area contributed by atoms with E-state index in [4.69, 9.17) is 5.10 Å². The lowest BCUT2D eigenvalue weighted by Gasteiger charge is -2.19. The van der Waals surface area contributed by atoms with Gasteiger partial charge in [-0.05, 0) is 51.3 Å². The van der Waals surface area contributed by atoms with E-state index in [0.29, 0.717) is 12.5 Å². The lowest BCUT2D eigenvalue weighted by molar-refractivity contribution is 0.0945. The quantitative estimate of drug-likeness (QED) is 0.390. The van der Waals surface area contributed by atoms with Crippen molar-refractivity contribution in [2.75, 3.05) is 11.9 Å². The summed E-state index contributed by atoms with van der Waals surface area (Å²) in [5.41, 5.74) is 5.64. The normalized spacial score (nSPS) is 14.5. The molecule has 0 spiro atoms. The van der Waals surface area contributed by atoms with Crippen molar-refractivity contribution in [2.45, 2.75) is 45.1 Å². The highest BCUT2D eigenvalue weighted by Gasteiger charge is 2.26. The van der Waals surface area contributed by atoms with Crippen LogP contribution in [0, 0.1) is 0 Å². The van der Waals surface area contributed by atoms with Gasteiger partial charge in [-0.2, -0.15) is 5.10 Å². The largest absolute Gasteiger partial charge is 0.389 e. The Morgan fingerprint density at radius 3 is 2.59 bits per heavy atom. The molecule has 0 amide bonds. The Morgan fingerprint density at radius 2 is 1.91 bits per heavy atom. The monoisotopic (exact) mass is 428 g/mol. The molecule has 1 aromatic carbocycles. The highest BCUT2D eigenvalue weighted by atomic mass is 16.3. The lowest BCUT2D eigenvalue weighted by atomic mass is 10.1. The van der Waals surface area contributed by atoms with Crippen molar-refractivity contribution in [3.05, 3.63) is 60.3 Å². The number of aliphatic hydroxyl groups is 1. The van der Waals surface area contributed by atoms with Crippen molar-refractivity contribution in [2.24, 2.45) is 0 Å². The first-order valence-electron chi connectivity index (χ1n) is 11.0. The van der Waals surface area contributed by atoms with Gasteiger partial charge in [-0.15, -0.1) is 0 Å². The smallest absolute Gasteiger partial charge is 0.177 e. The fourth-order valence-corrected chi connectivity index (χ4v) is 3.75. The molecule has 1 aliphatic rings. The fourth-order valence-electron chi connectivity index (χ4n) is 3.75. The van der Waals surface area contributed by atoms with Gasteiger partial charge in [0.15, 0.2) is 5.65 Å². The Hall–Kier alpha value is -3.45. The molecular weight excluding hydrogens is 400 g/mol. The van der Waals surface area contributed by atoms with E-state index < -0.39 is 5.60 Å². The Labute approximate surface area is 187 Å². The summed E-state index contributed by atoms with van der Waals surface area (Å²) in [4.78, 5) is 12.6. The van der Waals surface area contributed by atoms with E-state index in [9.17, 15) is 5.11 Å². The van der Waals surface area contributed by atoms with E-state index in [1.165, 1.54) is 12.8 Å². The number of nitrogens with zero attached hydrogens (tertiary/aromatic N) is 4. The van der Waals surface area contributed by atoms with Gasteiger partial charge in [0.1, 0.15) is 5.82 Å². The van der Waals surface area contributed by atoms with Crippen molar-refractivity contribution >= 4 is 17.4 Å². The van der Waals surface area contributed by atoms with Gasteiger partial charge < -0.3 is 15.4 Å². The SMILES string of the molecule is C/C=C/c1cc(NCC(C)(C)O)c2ncc(-c3ccc(-c4cnc(C5CC5)[nH]4)cc3)n2n1. The predicted octanol–water partition coefficient (Wildman–Crippen LogP) is 4.88. The second kappa shape index (κ2) is 7.91. The highest BCUT2D eigenvalue weighted by Crippen LogP contribution is 2.39. The van der Waals surface area contributed by atoms with Crippen LogP contribution >= 0.6 is 0 Å². The summed E-state index contributed by atoms with van der Waals surface area (Å²) in [6, 6.07) is 10.3. The van der Waals surface area contributed by atoms with Gasteiger partial charge in [0.2, 0.25) is 0 Å². The van der Waals surface area contributed by atoms with Gasteiger partial charge in [-0.3, -0.25) is 0 Å². The van der Waals surface area contributed by atoms with Crippen molar-refractivity contribution in [3.8, 4) is 22.5 Å². The Morgan fingerprint density at radius 1 is 1.16 bits per heavy atom.